The maximum atomic E-state index is 11.7. The van der Waals surface area contributed by atoms with Crippen LogP contribution in [0.15, 0.2) is 24.8 Å². The van der Waals surface area contributed by atoms with E-state index in [2.05, 4.69) is 46.5 Å². The molecule has 6 atom stereocenters. The highest BCUT2D eigenvalue weighted by Crippen LogP contribution is 2.42. The molecule has 0 spiro atoms. The summed E-state index contributed by atoms with van der Waals surface area (Å²) in [5, 5.41) is 9.72. The summed E-state index contributed by atoms with van der Waals surface area (Å²) in [6.45, 7) is 18.2. The number of carbonyl (C=O) groups is 1. The molecule has 1 aliphatic heterocycles. The molecule has 2 rings (SSSR count). The van der Waals surface area contributed by atoms with Crippen LogP contribution < -0.4 is 0 Å². The van der Waals surface area contributed by atoms with E-state index in [0.717, 1.165) is 25.9 Å². The van der Waals surface area contributed by atoms with Gasteiger partial charge in [-0.05, 0) is 44.3 Å². The van der Waals surface area contributed by atoms with Crippen molar-refractivity contribution in [2.24, 2.45) is 11.8 Å². The molecule has 184 valence electrons. The van der Waals surface area contributed by atoms with Gasteiger partial charge in [0.25, 0.3) is 0 Å². The molecule has 0 aromatic rings. The van der Waals surface area contributed by atoms with Crippen molar-refractivity contribution in [3.8, 4) is 0 Å². The van der Waals surface area contributed by atoms with Gasteiger partial charge in [-0.25, -0.2) is 4.79 Å². The topological polar surface area (TPSA) is 74.2 Å². The first-order valence-corrected chi connectivity index (χ1v) is 14.9. The van der Waals surface area contributed by atoms with Crippen LogP contribution in [0.4, 0.5) is 0 Å². The van der Waals surface area contributed by atoms with E-state index in [-0.39, 0.29) is 41.8 Å². The van der Waals surface area contributed by atoms with Gasteiger partial charge < -0.3 is 23.7 Å². The van der Waals surface area contributed by atoms with Gasteiger partial charge in [0.1, 0.15) is 0 Å². The molecule has 0 radical (unpaired) electrons. The quantitative estimate of drug-likeness (QED) is 0.317. The Kier molecular flexibility index (Phi) is 10.2. The van der Waals surface area contributed by atoms with Crippen molar-refractivity contribution in [3.05, 3.63) is 24.8 Å². The van der Waals surface area contributed by atoms with Crippen LogP contribution in [0.1, 0.15) is 59.8 Å². The minimum absolute atomic E-state index is 0.0185. The Balaban J connectivity index is 2.24. The third-order valence-corrected chi connectivity index (χ3v) is 11.7. The maximum absolute atomic E-state index is 11.7. The number of aliphatic carboxylic acids is 1. The first kappa shape index (κ1) is 27.3. The van der Waals surface area contributed by atoms with Gasteiger partial charge in [0.15, 0.2) is 20.7 Å². The molecule has 7 heteroatoms. The van der Waals surface area contributed by atoms with E-state index in [1.165, 1.54) is 0 Å². The maximum Gasteiger partial charge on any atom is 0.333 e. The summed E-state index contributed by atoms with van der Waals surface area (Å²) in [6.07, 6.45) is 8.22. The summed E-state index contributed by atoms with van der Waals surface area (Å²) >= 11 is 0. The van der Waals surface area contributed by atoms with Crippen LogP contribution in [-0.2, 0) is 23.4 Å². The second-order valence-electron chi connectivity index (χ2n) is 10.6. The van der Waals surface area contributed by atoms with Crippen LogP contribution in [0, 0.1) is 11.8 Å². The molecule has 0 bridgehead atoms. The number of hydrogen-bond acceptors (Lipinski definition) is 5. The summed E-state index contributed by atoms with van der Waals surface area (Å²) in [5.74, 6) is -0.864. The Bertz CT molecular complexity index is 635. The van der Waals surface area contributed by atoms with Crippen molar-refractivity contribution >= 4 is 14.3 Å². The van der Waals surface area contributed by atoms with E-state index in [1.807, 2.05) is 13.0 Å². The average molecular weight is 469 g/mol. The van der Waals surface area contributed by atoms with E-state index in [0.29, 0.717) is 13.0 Å². The van der Waals surface area contributed by atoms with Crippen LogP contribution in [0.25, 0.3) is 0 Å². The fraction of sp³-hybridized carbons (Fsp3) is 0.800. The summed E-state index contributed by atoms with van der Waals surface area (Å²) in [5.41, 5.74) is 0. The van der Waals surface area contributed by atoms with Crippen molar-refractivity contribution in [3.63, 3.8) is 0 Å². The second-order valence-corrected chi connectivity index (χ2v) is 15.4. The average Bonchev–Trinajstić information content (AvgIpc) is 3.02. The molecule has 1 unspecified atom stereocenters. The summed E-state index contributed by atoms with van der Waals surface area (Å²) in [6, 6.07) is 0. The Morgan fingerprint density at radius 3 is 2.53 bits per heavy atom. The van der Waals surface area contributed by atoms with Gasteiger partial charge in [0.05, 0.1) is 12.2 Å². The molecule has 6 nitrogen and oxygen atoms in total. The van der Waals surface area contributed by atoms with Crippen LogP contribution in [0.5, 0.6) is 0 Å². The largest absolute Gasteiger partial charge is 0.479 e. The fourth-order valence-corrected chi connectivity index (χ4v) is 5.25. The monoisotopic (exact) mass is 468 g/mol. The standard InChI is InChI=1S/C25H44O6Si/c1-8-12-18-19(17-29-32(6,7)25(3,4)5)22(31-23-14-10-11-15-28-23)16-21(18)30-20(13-9-2)24(26)27/h8-9,12,18-23H,2,10-11,13-17H2,1,3-7H3,(H,26,27)/t18-,19-,20+,21+,22-,23?/m1/s1. The van der Waals surface area contributed by atoms with Gasteiger partial charge in [-0.15, -0.1) is 6.58 Å². The molecule has 2 fully saturated rings. The Morgan fingerprint density at radius 1 is 1.28 bits per heavy atom. The lowest BCUT2D eigenvalue weighted by molar-refractivity contribution is -0.198. The van der Waals surface area contributed by atoms with Gasteiger partial charge in [-0.3, -0.25) is 0 Å². The van der Waals surface area contributed by atoms with Gasteiger partial charge in [-0.2, -0.15) is 0 Å². The number of allylic oxidation sites excluding steroid dienone is 1. The minimum Gasteiger partial charge on any atom is -0.479 e. The van der Waals surface area contributed by atoms with E-state index >= 15 is 0 Å². The third kappa shape index (κ3) is 7.25. The van der Waals surface area contributed by atoms with E-state index in [4.69, 9.17) is 18.6 Å². The highest BCUT2D eigenvalue weighted by Gasteiger charge is 2.47. The van der Waals surface area contributed by atoms with Gasteiger partial charge in [0.2, 0.25) is 0 Å². The second kappa shape index (κ2) is 11.9. The molecule has 0 aromatic heterocycles. The van der Waals surface area contributed by atoms with Crippen LogP contribution in [-0.4, -0.2) is 57.2 Å². The molecule has 1 N–H and O–H groups in total. The van der Waals surface area contributed by atoms with E-state index in [1.54, 1.807) is 6.08 Å². The smallest absolute Gasteiger partial charge is 0.333 e. The molecule has 1 aliphatic carbocycles. The Labute approximate surface area is 195 Å². The predicted molar refractivity (Wildman–Crippen MR) is 129 cm³/mol. The number of ether oxygens (including phenoxy) is 3. The summed E-state index contributed by atoms with van der Waals surface area (Å²) in [4.78, 5) is 11.7. The molecule has 1 saturated carbocycles. The first-order chi connectivity index (χ1) is 15.0. The zero-order valence-electron chi connectivity index (χ0n) is 20.8. The number of rotatable bonds is 11. The molecule has 0 amide bonds. The summed E-state index contributed by atoms with van der Waals surface area (Å²) < 4.78 is 25.1. The number of carboxylic acids is 1. The van der Waals surface area contributed by atoms with Gasteiger partial charge in [-0.1, -0.05) is 39.0 Å². The molecular weight excluding hydrogens is 424 g/mol. The van der Waals surface area contributed by atoms with Crippen molar-refractivity contribution in [1.82, 2.24) is 0 Å². The summed E-state index contributed by atoms with van der Waals surface area (Å²) in [7, 11) is -1.95. The van der Waals surface area contributed by atoms with Crippen molar-refractivity contribution in [2.45, 2.75) is 103 Å². The van der Waals surface area contributed by atoms with Crippen LogP contribution >= 0.6 is 0 Å². The normalized spacial score (nSPS) is 30.5. The Morgan fingerprint density at radius 2 is 2.00 bits per heavy atom. The molecule has 2 aliphatic rings. The van der Waals surface area contributed by atoms with Crippen molar-refractivity contribution < 1.29 is 28.5 Å². The Hall–Kier alpha value is -0.993. The highest BCUT2D eigenvalue weighted by molar-refractivity contribution is 6.74. The van der Waals surface area contributed by atoms with Gasteiger partial charge >= 0.3 is 5.97 Å². The molecule has 0 aromatic carbocycles. The zero-order chi connectivity index (χ0) is 23.9. The zero-order valence-corrected chi connectivity index (χ0v) is 21.8. The lowest BCUT2D eigenvalue weighted by Crippen LogP contribution is -2.44. The number of hydrogen-bond donors (Lipinski definition) is 1. The highest BCUT2D eigenvalue weighted by atomic mass is 28.4. The van der Waals surface area contributed by atoms with Crippen LogP contribution in [0.2, 0.25) is 18.1 Å². The van der Waals surface area contributed by atoms with E-state index < -0.39 is 20.4 Å². The van der Waals surface area contributed by atoms with Gasteiger partial charge in [0, 0.05) is 37.9 Å². The number of carboxylic acid groups (broad SMARTS) is 1. The molecule has 1 saturated heterocycles. The fourth-order valence-electron chi connectivity index (χ4n) is 4.21. The van der Waals surface area contributed by atoms with Crippen molar-refractivity contribution in [1.29, 1.82) is 0 Å². The van der Waals surface area contributed by atoms with Crippen LogP contribution in [0.3, 0.4) is 0 Å². The molecule has 32 heavy (non-hydrogen) atoms. The first-order valence-electron chi connectivity index (χ1n) is 12.0. The SMILES string of the molecule is C=CC[C@H](O[C@H]1C[C@@H](OC2CCCCO2)[C@H](CO[Si](C)(C)C(C)(C)C)[C@H]1C=CC)C(=O)O. The lowest BCUT2D eigenvalue weighted by Gasteiger charge is -2.38. The predicted octanol–water partition coefficient (Wildman–Crippen LogP) is 5.55. The van der Waals surface area contributed by atoms with E-state index in [9.17, 15) is 9.90 Å². The molecular formula is C25H44O6Si. The van der Waals surface area contributed by atoms with Crippen molar-refractivity contribution in [2.75, 3.05) is 13.2 Å². The minimum atomic E-state index is -1.95. The molecule has 1 heterocycles. The lowest BCUT2D eigenvalue weighted by atomic mass is 9.93. The third-order valence-electron chi connectivity index (χ3n) is 7.18.